The smallest absolute Gasteiger partial charge is 0.174 e. The minimum atomic E-state index is 0.135. The first-order valence-corrected chi connectivity index (χ1v) is 8.64. The Kier molecular flexibility index (Phi) is 6.97. The first-order chi connectivity index (χ1) is 11.5. The van der Waals surface area contributed by atoms with Crippen molar-refractivity contribution in [2.75, 3.05) is 32.5 Å². The van der Waals surface area contributed by atoms with Crippen molar-refractivity contribution in [3.8, 4) is 0 Å². The third-order valence-corrected chi connectivity index (χ3v) is 4.49. The Morgan fingerprint density at radius 1 is 1.17 bits per heavy atom. The summed E-state index contributed by atoms with van der Waals surface area (Å²) in [6.45, 7) is 3.86. The van der Waals surface area contributed by atoms with Crippen molar-refractivity contribution in [2.24, 2.45) is 0 Å². The van der Waals surface area contributed by atoms with Crippen LogP contribution in [0.1, 0.15) is 18.5 Å². The number of nitrogens with one attached hydrogen (secondary N) is 1. The van der Waals surface area contributed by atoms with Gasteiger partial charge in [-0.25, -0.2) is 0 Å². The van der Waals surface area contributed by atoms with Crippen molar-refractivity contribution in [1.29, 1.82) is 0 Å². The Labute approximate surface area is 154 Å². The molecule has 0 amide bonds. The number of hydrogen-bond acceptors (Lipinski definition) is 3. The highest BCUT2D eigenvalue weighted by Crippen LogP contribution is 2.24. The zero-order chi connectivity index (χ0) is 17.5. The topological polar surface area (TPSA) is 31.4 Å². The van der Waals surface area contributed by atoms with E-state index in [1.807, 2.05) is 36.4 Å². The zero-order valence-corrected chi connectivity index (χ0v) is 15.8. The second kappa shape index (κ2) is 8.97. The lowest BCUT2D eigenvalue weighted by Crippen LogP contribution is -2.41. The van der Waals surface area contributed by atoms with Crippen LogP contribution in [0, 0.1) is 0 Å². The number of thiocarbonyl (C=S) groups is 1. The third kappa shape index (κ3) is 5.16. The molecular weight excluding hydrogens is 340 g/mol. The summed E-state index contributed by atoms with van der Waals surface area (Å²) in [7, 11) is 4.11. The Morgan fingerprint density at radius 3 is 2.46 bits per heavy atom. The molecule has 0 saturated heterocycles. The lowest BCUT2D eigenvalue weighted by molar-refractivity contribution is 0.289. The highest BCUT2D eigenvalue weighted by atomic mass is 35.5. The molecule has 128 valence electrons. The minimum Gasteiger partial charge on any atom is -0.341 e. The van der Waals surface area contributed by atoms with Crippen molar-refractivity contribution in [1.82, 2.24) is 14.8 Å². The summed E-state index contributed by atoms with van der Waals surface area (Å²) in [5, 5.41) is 4.59. The number of aromatic nitrogens is 1. The van der Waals surface area contributed by atoms with Crippen LogP contribution in [-0.2, 0) is 0 Å². The Balaban J connectivity index is 2.18. The lowest BCUT2D eigenvalue weighted by atomic mass is 10.1. The number of para-hydroxylation sites is 1. The van der Waals surface area contributed by atoms with Gasteiger partial charge in [0.1, 0.15) is 0 Å². The summed E-state index contributed by atoms with van der Waals surface area (Å²) in [5.41, 5.74) is 1.99. The number of anilines is 1. The average molecular weight is 363 g/mol. The van der Waals surface area contributed by atoms with Crippen LogP contribution in [0.2, 0.25) is 5.02 Å². The molecule has 2 aromatic rings. The average Bonchev–Trinajstić information content (AvgIpc) is 2.57. The summed E-state index contributed by atoms with van der Waals surface area (Å²) in [5.74, 6) is 0. The Bertz CT molecular complexity index is 663. The van der Waals surface area contributed by atoms with E-state index >= 15 is 0 Å². The van der Waals surface area contributed by atoms with E-state index in [4.69, 9.17) is 23.8 Å². The number of nitrogens with zero attached hydrogens (tertiary/aromatic N) is 3. The van der Waals surface area contributed by atoms with Gasteiger partial charge in [-0.05, 0) is 63.1 Å². The molecule has 4 nitrogen and oxygen atoms in total. The molecule has 1 N–H and O–H groups in total. The second-order valence-corrected chi connectivity index (χ2v) is 6.66. The van der Waals surface area contributed by atoms with E-state index in [1.54, 1.807) is 12.4 Å². The van der Waals surface area contributed by atoms with Crippen LogP contribution in [0.4, 0.5) is 5.69 Å². The molecular formula is C18H23ClN4S. The van der Waals surface area contributed by atoms with Gasteiger partial charge in [0, 0.05) is 25.5 Å². The first-order valence-electron chi connectivity index (χ1n) is 7.86. The van der Waals surface area contributed by atoms with Gasteiger partial charge in [0.25, 0.3) is 0 Å². The molecule has 24 heavy (non-hydrogen) atoms. The molecule has 0 aliphatic rings. The van der Waals surface area contributed by atoms with Crippen molar-refractivity contribution in [3.05, 3.63) is 59.4 Å². The van der Waals surface area contributed by atoms with Crippen LogP contribution < -0.4 is 5.32 Å². The van der Waals surface area contributed by atoms with Crippen LogP contribution in [0.15, 0.2) is 48.8 Å². The standard InChI is InChI=1S/C18H23ClN4S/c1-14(15-8-10-20-11-9-15)23(13-12-22(2)3)18(24)21-17-7-5-4-6-16(17)19/h4-11,14H,12-13H2,1-3H3,(H,21,24)/t14-/m0/s1. The maximum Gasteiger partial charge on any atom is 0.174 e. The summed E-state index contributed by atoms with van der Waals surface area (Å²) < 4.78 is 0. The quantitative estimate of drug-likeness (QED) is 0.783. The molecule has 6 heteroatoms. The predicted octanol–water partition coefficient (Wildman–Crippen LogP) is 4.06. The summed E-state index contributed by atoms with van der Waals surface area (Å²) in [4.78, 5) is 8.41. The van der Waals surface area contributed by atoms with E-state index in [9.17, 15) is 0 Å². The second-order valence-electron chi connectivity index (χ2n) is 5.86. The Hall–Kier alpha value is -1.69. The molecule has 0 unspecified atom stereocenters. The van der Waals surface area contributed by atoms with E-state index in [-0.39, 0.29) is 6.04 Å². The minimum absolute atomic E-state index is 0.135. The molecule has 0 saturated carbocycles. The van der Waals surface area contributed by atoms with Gasteiger partial charge in [-0.15, -0.1) is 0 Å². The summed E-state index contributed by atoms with van der Waals surface area (Å²) in [6.07, 6.45) is 3.61. The Morgan fingerprint density at radius 2 is 1.83 bits per heavy atom. The molecule has 0 aliphatic heterocycles. The molecule has 0 fully saturated rings. The van der Waals surface area contributed by atoms with Gasteiger partial charge in [-0.1, -0.05) is 23.7 Å². The van der Waals surface area contributed by atoms with Gasteiger partial charge in [-0.2, -0.15) is 0 Å². The fourth-order valence-corrected chi connectivity index (χ4v) is 2.89. The van der Waals surface area contributed by atoms with Crippen LogP contribution in [0.5, 0.6) is 0 Å². The molecule has 1 aromatic carbocycles. The van der Waals surface area contributed by atoms with Gasteiger partial charge in [-0.3, -0.25) is 4.98 Å². The molecule has 0 radical (unpaired) electrons. The van der Waals surface area contributed by atoms with Crippen LogP contribution in [0.25, 0.3) is 0 Å². The predicted molar refractivity (Wildman–Crippen MR) is 106 cm³/mol. The van der Waals surface area contributed by atoms with Gasteiger partial charge in [0.05, 0.1) is 16.8 Å². The van der Waals surface area contributed by atoms with Crippen molar-refractivity contribution in [2.45, 2.75) is 13.0 Å². The first kappa shape index (κ1) is 18.6. The lowest BCUT2D eigenvalue weighted by Gasteiger charge is -2.33. The molecule has 1 aromatic heterocycles. The molecule has 1 heterocycles. The van der Waals surface area contributed by atoms with Crippen molar-refractivity contribution in [3.63, 3.8) is 0 Å². The van der Waals surface area contributed by atoms with Crippen LogP contribution in [-0.4, -0.2) is 47.1 Å². The van der Waals surface area contributed by atoms with Gasteiger partial charge in [0.15, 0.2) is 5.11 Å². The molecule has 0 aliphatic carbocycles. The normalized spacial score (nSPS) is 12.0. The zero-order valence-electron chi connectivity index (χ0n) is 14.2. The van der Waals surface area contributed by atoms with Crippen LogP contribution in [0.3, 0.4) is 0 Å². The van der Waals surface area contributed by atoms with Crippen molar-refractivity contribution >= 4 is 34.6 Å². The fourth-order valence-electron chi connectivity index (χ4n) is 2.35. The van der Waals surface area contributed by atoms with Gasteiger partial charge >= 0.3 is 0 Å². The van der Waals surface area contributed by atoms with E-state index < -0.39 is 0 Å². The summed E-state index contributed by atoms with van der Waals surface area (Å²) in [6, 6.07) is 11.8. The number of pyridine rings is 1. The van der Waals surface area contributed by atoms with Crippen LogP contribution >= 0.6 is 23.8 Å². The number of halogens is 1. The van der Waals surface area contributed by atoms with Crippen molar-refractivity contribution < 1.29 is 0 Å². The SMILES string of the molecule is C[C@@H](c1ccncc1)N(CCN(C)C)C(=S)Nc1ccccc1Cl. The molecule has 0 spiro atoms. The molecule has 1 atom stereocenters. The highest BCUT2D eigenvalue weighted by molar-refractivity contribution is 7.80. The largest absolute Gasteiger partial charge is 0.341 e. The number of benzene rings is 1. The monoisotopic (exact) mass is 362 g/mol. The fraction of sp³-hybridized carbons (Fsp3) is 0.333. The highest BCUT2D eigenvalue weighted by Gasteiger charge is 2.19. The van der Waals surface area contributed by atoms with E-state index in [2.05, 4.69) is 41.1 Å². The van der Waals surface area contributed by atoms with Gasteiger partial charge < -0.3 is 15.1 Å². The summed E-state index contributed by atoms with van der Waals surface area (Å²) >= 11 is 11.9. The third-order valence-electron chi connectivity index (χ3n) is 3.82. The number of hydrogen-bond donors (Lipinski definition) is 1. The van der Waals surface area contributed by atoms with Gasteiger partial charge in [0.2, 0.25) is 0 Å². The maximum absolute atomic E-state index is 6.24. The molecule has 0 bridgehead atoms. The van der Waals surface area contributed by atoms with E-state index in [0.717, 1.165) is 18.8 Å². The van der Waals surface area contributed by atoms with E-state index in [0.29, 0.717) is 10.1 Å². The van der Waals surface area contributed by atoms with E-state index in [1.165, 1.54) is 5.56 Å². The number of rotatable bonds is 6. The molecule has 2 rings (SSSR count). The maximum atomic E-state index is 6.24. The number of likely N-dealkylation sites (N-methyl/N-ethyl adjacent to an activating group) is 1.